The van der Waals surface area contributed by atoms with Gasteiger partial charge in [-0.3, -0.25) is 9.59 Å². The second-order valence-corrected chi connectivity index (χ2v) is 17.8. The van der Waals surface area contributed by atoms with E-state index < -0.39 is 0 Å². The molecule has 0 radical (unpaired) electrons. The molecule has 0 fully saturated rings. The molecule has 0 saturated carbocycles. The van der Waals surface area contributed by atoms with Crippen LogP contribution in [0, 0.1) is 27.7 Å². The maximum Gasteiger partial charge on any atom is 0.369 e. The van der Waals surface area contributed by atoms with Crippen LogP contribution >= 0.6 is 47.3 Å². The van der Waals surface area contributed by atoms with Gasteiger partial charge in [0.05, 0.1) is 20.3 Å². The highest BCUT2D eigenvalue weighted by atomic mass is 79.9. The Balaban J connectivity index is 0.000000320. The van der Waals surface area contributed by atoms with E-state index in [0.29, 0.717) is 50.4 Å². The van der Waals surface area contributed by atoms with Crippen molar-refractivity contribution in [1.82, 2.24) is 0 Å². The molecule has 8 nitrogen and oxygen atoms in total. The molecule has 0 spiro atoms. The van der Waals surface area contributed by atoms with Crippen LogP contribution in [0.4, 0.5) is 0 Å². The zero-order valence-electron chi connectivity index (χ0n) is 30.2. The lowest BCUT2D eigenvalue weighted by molar-refractivity contribution is -0.144. The number of carbonyl (C=O) groups is 2. The first-order valence-electron chi connectivity index (χ1n) is 16.5. The fraction of sp³-hybridized carbons (Fsp3) is 0.333. The van der Waals surface area contributed by atoms with Crippen LogP contribution in [0.15, 0.2) is 72.8 Å². The SMILES string of the molecule is BrB(Br)Br.CCOC(=O)CCc1ccc(Oc2ccc(C)c(O)c2)cc1C.CCOC(=O)CCc1ccc(Oc2ccc(C)c(OC)c2)cc1C. The van der Waals surface area contributed by atoms with Crippen LogP contribution in [0.1, 0.15) is 60.1 Å². The molecule has 0 atom stereocenters. The van der Waals surface area contributed by atoms with Crippen molar-refractivity contribution in [1.29, 1.82) is 0 Å². The molecule has 0 aliphatic rings. The van der Waals surface area contributed by atoms with Crippen molar-refractivity contribution in [2.75, 3.05) is 20.3 Å². The number of carbonyl (C=O) groups excluding carboxylic acids is 2. The third-order valence-electron chi connectivity index (χ3n) is 7.47. The maximum absolute atomic E-state index is 11.5. The van der Waals surface area contributed by atoms with Gasteiger partial charge in [0.15, 0.2) is 0 Å². The third kappa shape index (κ3) is 16.6. The van der Waals surface area contributed by atoms with Gasteiger partial charge in [0.25, 0.3) is 0 Å². The molecule has 0 amide bonds. The Bertz CT molecular complexity index is 1710. The second kappa shape index (κ2) is 23.2. The van der Waals surface area contributed by atoms with Gasteiger partial charge in [-0.25, -0.2) is 0 Å². The molecule has 0 bridgehead atoms. The average Bonchev–Trinajstić information content (AvgIpc) is 3.07. The Morgan fingerprint density at radius 2 is 1.00 bits per heavy atom. The van der Waals surface area contributed by atoms with Crippen LogP contribution in [0.5, 0.6) is 34.5 Å². The summed E-state index contributed by atoms with van der Waals surface area (Å²) in [5.74, 6) is 3.46. The minimum atomic E-state index is -0.178. The van der Waals surface area contributed by atoms with E-state index in [4.69, 9.17) is 23.7 Å². The predicted molar refractivity (Wildman–Crippen MR) is 216 cm³/mol. The molecule has 0 aromatic heterocycles. The quantitative estimate of drug-likeness (QED) is 0.105. The molecule has 274 valence electrons. The fourth-order valence-corrected chi connectivity index (χ4v) is 4.75. The standard InChI is InChI=1S/C20H24O4.C19H22O4.BBr3/c1-5-23-20(21)11-8-16-7-10-17(12-15(16)3)24-18-9-6-14(2)19(13-18)22-4;1-4-22-19(21)10-7-15-6-9-16(11-14(15)3)23-17-8-5-13(2)18(20)12-17;2-1(3)4/h6-7,9-10,12-13H,5,8,11H2,1-4H3;5-6,8-9,11-12,20H,4,7,10H2,1-3H3;. The summed E-state index contributed by atoms with van der Waals surface area (Å²) in [5.41, 5.74) is 6.24. The van der Waals surface area contributed by atoms with Crippen LogP contribution in [0.25, 0.3) is 0 Å². The number of ether oxygens (including phenoxy) is 5. The highest BCUT2D eigenvalue weighted by molar-refractivity contribution is 9.69. The molecule has 0 saturated heterocycles. The largest absolute Gasteiger partial charge is 0.508 e. The minimum Gasteiger partial charge on any atom is -0.508 e. The van der Waals surface area contributed by atoms with Crippen LogP contribution in [-0.4, -0.2) is 40.6 Å². The zero-order chi connectivity index (χ0) is 37.9. The van der Waals surface area contributed by atoms with Crippen LogP contribution in [-0.2, 0) is 31.9 Å². The number of benzene rings is 4. The fourth-order valence-electron chi connectivity index (χ4n) is 4.75. The lowest BCUT2D eigenvalue weighted by atomic mass is 10.0. The Morgan fingerprint density at radius 3 is 1.39 bits per heavy atom. The number of aromatic hydroxyl groups is 1. The highest BCUT2D eigenvalue weighted by Gasteiger charge is 2.09. The van der Waals surface area contributed by atoms with Crippen molar-refractivity contribution in [3.63, 3.8) is 0 Å². The first-order valence-corrected chi connectivity index (χ1v) is 19.2. The summed E-state index contributed by atoms with van der Waals surface area (Å²) >= 11 is 9.31. The smallest absolute Gasteiger partial charge is 0.369 e. The Morgan fingerprint density at radius 1 is 0.608 bits per heavy atom. The first-order chi connectivity index (χ1) is 24.3. The zero-order valence-corrected chi connectivity index (χ0v) is 34.9. The van der Waals surface area contributed by atoms with Crippen LogP contribution in [0.2, 0.25) is 0 Å². The van der Waals surface area contributed by atoms with Gasteiger partial charge in [-0.2, -0.15) is 0 Å². The number of halogens is 3. The lowest BCUT2D eigenvalue weighted by Gasteiger charge is -2.12. The number of hydrogen-bond acceptors (Lipinski definition) is 8. The van der Waals surface area contributed by atoms with E-state index in [2.05, 4.69) is 47.3 Å². The lowest BCUT2D eigenvalue weighted by Crippen LogP contribution is -2.05. The van der Waals surface area contributed by atoms with Crippen molar-refractivity contribution in [2.24, 2.45) is 0 Å². The summed E-state index contributed by atoms with van der Waals surface area (Å²) < 4.78 is 27.2. The predicted octanol–water partition coefficient (Wildman–Crippen LogP) is 11.1. The molecule has 0 aliphatic carbocycles. The number of esters is 2. The van der Waals surface area contributed by atoms with Gasteiger partial charge < -0.3 is 28.8 Å². The number of phenolic OH excluding ortho intramolecular Hbond substituents is 1. The molecule has 4 rings (SSSR count). The molecule has 4 aromatic carbocycles. The first kappa shape index (κ1) is 43.7. The van der Waals surface area contributed by atoms with Crippen molar-refractivity contribution in [3.05, 3.63) is 106 Å². The topological polar surface area (TPSA) is 101 Å². The maximum atomic E-state index is 11.5. The third-order valence-corrected chi connectivity index (χ3v) is 7.47. The van der Waals surface area contributed by atoms with Crippen molar-refractivity contribution < 1.29 is 38.4 Å². The number of phenols is 1. The van der Waals surface area contributed by atoms with E-state index in [1.807, 2.05) is 101 Å². The van der Waals surface area contributed by atoms with Gasteiger partial charge >= 0.3 is 15.1 Å². The van der Waals surface area contributed by atoms with Crippen molar-refractivity contribution in [3.8, 4) is 34.5 Å². The summed E-state index contributed by atoms with van der Waals surface area (Å²) in [6.07, 6.45) is 2.09. The number of hydrogen-bond donors (Lipinski definition) is 1. The van der Waals surface area contributed by atoms with E-state index >= 15 is 0 Å². The summed E-state index contributed by atoms with van der Waals surface area (Å²) in [6.45, 7) is 12.3. The summed E-state index contributed by atoms with van der Waals surface area (Å²) in [4.78, 5) is 22.9. The second-order valence-electron chi connectivity index (χ2n) is 11.3. The summed E-state index contributed by atoms with van der Waals surface area (Å²) in [5, 5.41) is 9.72. The summed E-state index contributed by atoms with van der Waals surface area (Å²) in [6, 6.07) is 22.6. The Labute approximate surface area is 327 Å². The Hall–Kier alpha value is -3.48. The molecular weight excluding hydrogens is 847 g/mol. The minimum absolute atomic E-state index is 0.163. The van der Waals surface area contributed by atoms with Gasteiger partial charge in [-0.1, -0.05) is 24.3 Å². The molecular formula is C39H46BBr3O8. The van der Waals surface area contributed by atoms with E-state index in [1.54, 1.807) is 20.1 Å². The van der Waals surface area contributed by atoms with Gasteiger partial charge in [0, 0.05) is 25.0 Å². The van der Waals surface area contributed by atoms with Gasteiger partial charge in [-0.05, 0) is 124 Å². The average molecular weight is 893 g/mol. The van der Waals surface area contributed by atoms with Gasteiger partial charge in [0.1, 0.15) is 34.5 Å². The molecule has 12 heteroatoms. The van der Waals surface area contributed by atoms with Crippen LogP contribution in [0.3, 0.4) is 0 Å². The molecule has 1 N–H and O–H groups in total. The van der Waals surface area contributed by atoms with Gasteiger partial charge in [-0.15, -0.1) is 47.3 Å². The highest BCUT2D eigenvalue weighted by Crippen LogP contribution is 2.30. The van der Waals surface area contributed by atoms with E-state index in [0.717, 1.165) is 50.6 Å². The van der Waals surface area contributed by atoms with Crippen molar-refractivity contribution in [2.45, 2.75) is 67.2 Å². The molecule has 0 aliphatic heterocycles. The Kier molecular flexibility index (Phi) is 19.8. The van der Waals surface area contributed by atoms with Crippen molar-refractivity contribution >= 4 is 62.4 Å². The molecule has 0 heterocycles. The monoisotopic (exact) mass is 890 g/mol. The van der Waals surface area contributed by atoms with E-state index in [-0.39, 0.29) is 20.9 Å². The number of aryl methyl sites for hydroxylation is 6. The molecule has 51 heavy (non-hydrogen) atoms. The number of rotatable bonds is 13. The molecule has 0 unspecified atom stereocenters. The number of methoxy groups -OCH3 is 1. The molecule has 4 aromatic rings. The normalized spacial score (nSPS) is 10.1. The van der Waals surface area contributed by atoms with E-state index in [1.165, 1.54) is 0 Å². The van der Waals surface area contributed by atoms with E-state index in [9.17, 15) is 14.7 Å². The van der Waals surface area contributed by atoms with Crippen LogP contribution < -0.4 is 14.2 Å². The summed E-state index contributed by atoms with van der Waals surface area (Å²) in [7, 11) is 1.65. The van der Waals surface area contributed by atoms with Gasteiger partial charge in [0.2, 0.25) is 0 Å².